The van der Waals surface area contributed by atoms with Crippen LogP contribution in [0.4, 0.5) is 5.69 Å². The van der Waals surface area contributed by atoms with Crippen molar-refractivity contribution in [1.29, 1.82) is 0 Å². The molecule has 2 rings (SSSR count). The molecule has 1 aromatic heterocycles. The lowest BCUT2D eigenvalue weighted by atomic mass is 10.0. The molecule has 1 aromatic rings. The molecule has 1 N–H and O–H groups in total. The van der Waals surface area contributed by atoms with Crippen molar-refractivity contribution in [3.05, 3.63) is 22.6 Å². The summed E-state index contributed by atoms with van der Waals surface area (Å²) >= 11 is 0. The Morgan fingerprint density at radius 1 is 1.35 bits per heavy atom. The van der Waals surface area contributed by atoms with Gasteiger partial charge in [-0.15, -0.1) is 0 Å². The van der Waals surface area contributed by atoms with E-state index in [4.69, 9.17) is 0 Å². The van der Waals surface area contributed by atoms with Crippen LogP contribution in [-0.4, -0.2) is 35.0 Å². The Hall–Kier alpha value is -1.36. The number of anilines is 1. The van der Waals surface area contributed by atoms with E-state index in [0.29, 0.717) is 6.54 Å². The normalized spacial score (nSPS) is 15.8. The van der Waals surface area contributed by atoms with Crippen LogP contribution in [0.25, 0.3) is 0 Å². The summed E-state index contributed by atoms with van der Waals surface area (Å²) in [4.78, 5) is 14.3. The summed E-state index contributed by atoms with van der Waals surface area (Å²) < 4.78 is 1.54. The van der Waals surface area contributed by atoms with E-state index in [9.17, 15) is 4.79 Å². The van der Waals surface area contributed by atoms with Crippen LogP contribution in [0, 0.1) is 0 Å². The van der Waals surface area contributed by atoms with Gasteiger partial charge in [0.15, 0.2) is 0 Å². The number of aromatic nitrogens is 2. The highest BCUT2D eigenvalue weighted by molar-refractivity contribution is 5.43. The van der Waals surface area contributed by atoms with Crippen molar-refractivity contribution >= 4 is 5.69 Å². The van der Waals surface area contributed by atoms with Crippen LogP contribution < -0.4 is 15.8 Å². The summed E-state index contributed by atoms with van der Waals surface area (Å²) in [6, 6.07) is 1.71. The SMILES string of the molecule is CCC(C)(C)NCCn1ncc(N2CCCC2)cc1=O. The fourth-order valence-electron chi connectivity index (χ4n) is 2.37. The Balaban J connectivity index is 1.94. The molecule has 0 aromatic carbocycles. The van der Waals surface area contributed by atoms with Crippen LogP contribution in [-0.2, 0) is 6.54 Å². The highest BCUT2D eigenvalue weighted by Crippen LogP contribution is 2.16. The predicted octanol–water partition coefficient (Wildman–Crippen LogP) is 1.62. The zero-order chi connectivity index (χ0) is 14.6. The molecular formula is C15H26N4O. The van der Waals surface area contributed by atoms with Gasteiger partial charge in [0, 0.05) is 31.2 Å². The van der Waals surface area contributed by atoms with Crippen LogP contribution in [0.1, 0.15) is 40.0 Å². The summed E-state index contributed by atoms with van der Waals surface area (Å²) in [5.41, 5.74) is 1.06. The lowest BCUT2D eigenvalue weighted by molar-refractivity contribution is 0.360. The number of nitrogens with zero attached hydrogens (tertiary/aromatic N) is 3. The van der Waals surface area contributed by atoms with E-state index in [1.165, 1.54) is 17.5 Å². The summed E-state index contributed by atoms with van der Waals surface area (Å²) in [5.74, 6) is 0. The first kappa shape index (κ1) is 15.0. The molecule has 112 valence electrons. The van der Waals surface area contributed by atoms with Crippen molar-refractivity contribution in [1.82, 2.24) is 15.1 Å². The van der Waals surface area contributed by atoms with Crippen molar-refractivity contribution in [3.8, 4) is 0 Å². The Labute approximate surface area is 121 Å². The van der Waals surface area contributed by atoms with Crippen LogP contribution in [0.5, 0.6) is 0 Å². The van der Waals surface area contributed by atoms with E-state index in [0.717, 1.165) is 31.7 Å². The van der Waals surface area contributed by atoms with Crippen LogP contribution in [0.3, 0.4) is 0 Å². The standard InChI is InChI=1S/C15H26N4O/c1-4-15(2,3)16-7-10-19-14(20)11-13(12-17-19)18-8-5-6-9-18/h11-12,16H,4-10H2,1-3H3. The van der Waals surface area contributed by atoms with Crippen molar-refractivity contribution in [3.63, 3.8) is 0 Å². The third-order valence-electron chi connectivity index (χ3n) is 4.14. The van der Waals surface area contributed by atoms with Gasteiger partial charge >= 0.3 is 0 Å². The van der Waals surface area contributed by atoms with E-state index in [1.54, 1.807) is 6.07 Å². The fraction of sp³-hybridized carbons (Fsp3) is 0.733. The van der Waals surface area contributed by atoms with Gasteiger partial charge in [0.25, 0.3) is 5.56 Å². The average molecular weight is 278 g/mol. The lowest BCUT2D eigenvalue weighted by Gasteiger charge is -2.24. The highest BCUT2D eigenvalue weighted by Gasteiger charge is 2.15. The maximum absolute atomic E-state index is 12.1. The number of hydrogen-bond donors (Lipinski definition) is 1. The van der Waals surface area contributed by atoms with Gasteiger partial charge in [-0.25, -0.2) is 4.68 Å². The molecule has 0 unspecified atom stereocenters. The van der Waals surface area contributed by atoms with Gasteiger partial charge in [0.05, 0.1) is 18.4 Å². The first-order valence-corrected chi connectivity index (χ1v) is 7.59. The van der Waals surface area contributed by atoms with Crippen LogP contribution >= 0.6 is 0 Å². The van der Waals surface area contributed by atoms with E-state index in [2.05, 4.69) is 36.1 Å². The van der Waals surface area contributed by atoms with Gasteiger partial charge in [-0.2, -0.15) is 5.10 Å². The van der Waals surface area contributed by atoms with E-state index < -0.39 is 0 Å². The zero-order valence-electron chi connectivity index (χ0n) is 12.9. The van der Waals surface area contributed by atoms with Gasteiger partial charge in [-0.3, -0.25) is 4.79 Å². The Morgan fingerprint density at radius 3 is 2.65 bits per heavy atom. The van der Waals surface area contributed by atoms with Gasteiger partial charge in [-0.05, 0) is 33.1 Å². The first-order valence-electron chi connectivity index (χ1n) is 7.59. The Bertz CT molecular complexity index is 489. The molecular weight excluding hydrogens is 252 g/mol. The maximum Gasteiger partial charge on any atom is 0.268 e. The van der Waals surface area contributed by atoms with Crippen molar-refractivity contribution in [2.75, 3.05) is 24.5 Å². The van der Waals surface area contributed by atoms with Gasteiger partial charge in [0.1, 0.15) is 0 Å². The topological polar surface area (TPSA) is 50.2 Å². The molecule has 5 heteroatoms. The minimum absolute atomic E-state index is 0.00879. The molecule has 0 spiro atoms. The third-order valence-corrected chi connectivity index (χ3v) is 4.14. The Morgan fingerprint density at radius 2 is 2.05 bits per heavy atom. The second-order valence-electron chi connectivity index (χ2n) is 6.13. The largest absolute Gasteiger partial charge is 0.370 e. The molecule has 0 amide bonds. The van der Waals surface area contributed by atoms with Crippen molar-refractivity contribution in [2.24, 2.45) is 0 Å². The second kappa shape index (κ2) is 6.39. The monoisotopic (exact) mass is 278 g/mol. The summed E-state index contributed by atoms with van der Waals surface area (Å²) in [5, 5.41) is 7.73. The number of nitrogens with one attached hydrogen (secondary N) is 1. The molecule has 0 atom stereocenters. The highest BCUT2D eigenvalue weighted by atomic mass is 16.1. The third kappa shape index (κ3) is 3.82. The van der Waals surface area contributed by atoms with Crippen LogP contribution in [0.2, 0.25) is 0 Å². The van der Waals surface area contributed by atoms with E-state index in [-0.39, 0.29) is 11.1 Å². The fourth-order valence-corrected chi connectivity index (χ4v) is 2.37. The van der Waals surface area contributed by atoms with Gasteiger partial charge in [0.2, 0.25) is 0 Å². The summed E-state index contributed by atoms with van der Waals surface area (Å²) in [7, 11) is 0. The minimum Gasteiger partial charge on any atom is -0.370 e. The Kier molecular flexibility index (Phi) is 4.81. The quantitative estimate of drug-likeness (QED) is 0.859. The molecule has 1 aliphatic heterocycles. The zero-order valence-corrected chi connectivity index (χ0v) is 12.9. The maximum atomic E-state index is 12.1. The van der Waals surface area contributed by atoms with E-state index >= 15 is 0 Å². The molecule has 2 heterocycles. The molecule has 5 nitrogen and oxygen atoms in total. The second-order valence-corrected chi connectivity index (χ2v) is 6.13. The molecule has 1 aliphatic rings. The smallest absolute Gasteiger partial charge is 0.268 e. The van der Waals surface area contributed by atoms with Crippen LogP contribution in [0.15, 0.2) is 17.1 Å². The van der Waals surface area contributed by atoms with Crippen molar-refractivity contribution < 1.29 is 0 Å². The molecule has 0 saturated carbocycles. The molecule has 0 aliphatic carbocycles. The first-order chi connectivity index (χ1) is 9.52. The number of rotatable bonds is 6. The average Bonchev–Trinajstić information content (AvgIpc) is 2.94. The number of hydrogen-bond acceptors (Lipinski definition) is 4. The van der Waals surface area contributed by atoms with Crippen molar-refractivity contribution in [2.45, 2.75) is 52.1 Å². The lowest BCUT2D eigenvalue weighted by Crippen LogP contribution is -2.41. The molecule has 1 saturated heterocycles. The molecule has 0 bridgehead atoms. The molecule has 0 radical (unpaired) electrons. The molecule has 20 heavy (non-hydrogen) atoms. The van der Waals surface area contributed by atoms with E-state index in [1.807, 2.05) is 6.20 Å². The minimum atomic E-state index is -0.00879. The summed E-state index contributed by atoms with van der Waals surface area (Å²) in [6.45, 7) is 9.94. The predicted molar refractivity (Wildman–Crippen MR) is 82.3 cm³/mol. The van der Waals surface area contributed by atoms with Gasteiger partial charge in [-0.1, -0.05) is 6.92 Å². The molecule has 1 fully saturated rings. The van der Waals surface area contributed by atoms with Gasteiger partial charge < -0.3 is 10.2 Å². The summed E-state index contributed by atoms with van der Waals surface area (Å²) in [6.07, 6.45) is 5.29.